The van der Waals surface area contributed by atoms with Crippen LogP contribution in [0.15, 0.2) is 24.3 Å². The summed E-state index contributed by atoms with van der Waals surface area (Å²) in [5.74, 6) is -0.722. The molecule has 3 rings (SSSR count). The number of imide groups is 1. The molecule has 0 unspecified atom stereocenters. The van der Waals surface area contributed by atoms with Crippen LogP contribution in [-0.2, 0) is 4.79 Å². The quantitative estimate of drug-likeness (QED) is 0.693. The number of rotatable bonds is 6. The number of amides is 3. The van der Waals surface area contributed by atoms with Gasteiger partial charge in [0.15, 0.2) is 0 Å². The number of nitrogens with zero attached hydrogens (tertiary/aromatic N) is 1. The van der Waals surface area contributed by atoms with Crippen molar-refractivity contribution in [1.82, 2.24) is 10.2 Å². The van der Waals surface area contributed by atoms with Crippen LogP contribution in [0.4, 0.5) is 0 Å². The third-order valence-corrected chi connectivity index (χ3v) is 4.55. The molecule has 0 aromatic heterocycles. The molecular formula is C17H22N3O3+. The summed E-state index contributed by atoms with van der Waals surface area (Å²) in [6, 6.07) is 6.77. The standard InChI is InChI=1S/C17H21N3O3/c21-15(18-8-12-19-9-3-4-10-19)7-11-20-16(22)13-5-1-2-6-14(13)17(20)23/h1-2,5-6H,3-4,7-12H2,(H,18,21)/p+1. The fourth-order valence-electron chi connectivity index (χ4n) is 3.25. The second kappa shape index (κ2) is 6.91. The number of quaternary nitrogens is 1. The van der Waals surface area contributed by atoms with Crippen molar-refractivity contribution < 1.29 is 19.3 Å². The van der Waals surface area contributed by atoms with Gasteiger partial charge in [-0.15, -0.1) is 0 Å². The van der Waals surface area contributed by atoms with Crippen molar-refractivity contribution in [2.75, 3.05) is 32.7 Å². The van der Waals surface area contributed by atoms with Gasteiger partial charge in [-0.3, -0.25) is 19.3 Å². The number of hydrogen-bond donors (Lipinski definition) is 2. The molecule has 2 aliphatic heterocycles. The van der Waals surface area contributed by atoms with Gasteiger partial charge in [0.05, 0.1) is 37.3 Å². The van der Waals surface area contributed by atoms with Crippen LogP contribution in [-0.4, -0.2) is 55.3 Å². The topological polar surface area (TPSA) is 70.9 Å². The Labute approximate surface area is 135 Å². The molecule has 0 saturated carbocycles. The first kappa shape index (κ1) is 15.7. The molecule has 6 nitrogen and oxygen atoms in total. The van der Waals surface area contributed by atoms with Crippen molar-refractivity contribution in [2.24, 2.45) is 0 Å². The monoisotopic (exact) mass is 316 g/mol. The van der Waals surface area contributed by atoms with Crippen LogP contribution in [0.2, 0.25) is 0 Å². The van der Waals surface area contributed by atoms with E-state index in [-0.39, 0.29) is 30.7 Å². The van der Waals surface area contributed by atoms with Gasteiger partial charge in [0.2, 0.25) is 5.91 Å². The summed E-state index contributed by atoms with van der Waals surface area (Å²) in [6.45, 7) is 4.10. The highest BCUT2D eigenvalue weighted by Crippen LogP contribution is 2.22. The zero-order chi connectivity index (χ0) is 16.2. The van der Waals surface area contributed by atoms with E-state index in [1.807, 2.05) is 0 Å². The van der Waals surface area contributed by atoms with Crippen LogP contribution in [0.3, 0.4) is 0 Å². The Hall–Kier alpha value is -2.21. The van der Waals surface area contributed by atoms with E-state index in [0.717, 1.165) is 11.4 Å². The average molecular weight is 316 g/mol. The molecule has 0 spiro atoms. The highest BCUT2D eigenvalue weighted by molar-refractivity contribution is 6.21. The number of fused-ring (bicyclic) bond motifs is 1. The fraction of sp³-hybridized carbons (Fsp3) is 0.471. The van der Waals surface area contributed by atoms with Crippen LogP contribution in [0.1, 0.15) is 40.0 Å². The zero-order valence-corrected chi connectivity index (χ0v) is 13.1. The maximum atomic E-state index is 12.2. The smallest absolute Gasteiger partial charge is 0.261 e. The molecule has 0 radical (unpaired) electrons. The Kier molecular flexibility index (Phi) is 4.71. The largest absolute Gasteiger partial charge is 0.350 e. The maximum Gasteiger partial charge on any atom is 0.261 e. The lowest BCUT2D eigenvalue weighted by atomic mass is 10.1. The summed E-state index contributed by atoms with van der Waals surface area (Å²) >= 11 is 0. The Morgan fingerprint density at radius 1 is 1.09 bits per heavy atom. The zero-order valence-electron chi connectivity index (χ0n) is 13.1. The summed E-state index contributed by atoms with van der Waals surface area (Å²) in [4.78, 5) is 38.9. The normalized spacial score (nSPS) is 17.7. The van der Waals surface area contributed by atoms with Gasteiger partial charge in [-0.25, -0.2) is 0 Å². The molecule has 1 fully saturated rings. The van der Waals surface area contributed by atoms with Crippen molar-refractivity contribution in [1.29, 1.82) is 0 Å². The first-order chi connectivity index (χ1) is 11.2. The van der Waals surface area contributed by atoms with Gasteiger partial charge in [0.25, 0.3) is 11.8 Å². The molecule has 6 heteroatoms. The van der Waals surface area contributed by atoms with Crippen molar-refractivity contribution in [2.45, 2.75) is 19.3 Å². The first-order valence-corrected chi connectivity index (χ1v) is 8.22. The van der Waals surface area contributed by atoms with Gasteiger partial charge in [-0.2, -0.15) is 0 Å². The molecule has 2 aliphatic rings. The van der Waals surface area contributed by atoms with E-state index >= 15 is 0 Å². The van der Waals surface area contributed by atoms with Crippen molar-refractivity contribution in [3.05, 3.63) is 35.4 Å². The lowest BCUT2D eigenvalue weighted by Gasteiger charge is -2.15. The third kappa shape index (κ3) is 3.42. The predicted molar refractivity (Wildman–Crippen MR) is 84.2 cm³/mol. The highest BCUT2D eigenvalue weighted by Gasteiger charge is 2.34. The van der Waals surface area contributed by atoms with E-state index in [4.69, 9.17) is 0 Å². The van der Waals surface area contributed by atoms with Crippen molar-refractivity contribution >= 4 is 17.7 Å². The number of nitrogens with one attached hydrogen (secondary N) is 2. The molecule has 23 heavy (non-hydrogen) atoms. The summed E-state index contributed by atoms with van der Waals surface area (Å²) < 4.78 is 0. The molecule has 3 amide bonds. The summed E-state index contributed by atoms with van der Waals surface area (Å²) in [7, 11) is 0. The Morgan fingerprint density at radius 3 is 2.30 bits per heavy atom. The number of carbonyl (C=O) groups is 3. The minimum absolute atomic E-state index is 0.111. The van der Waals surface area contributed by atoms with Gasteiger partial charge in [0, 0.05) is 25.8 Å². The molecule has 0 bridgehead atoms. The molecule has 1 saturated heterocycles. The fourth-order valence-corrected chi connectivity index (χ4v) is 3.25. The second-order valence-electron chi connectivity index (χ2n) is 6.11. The highest BCUT2D eigenvalue weighted by atomic mass is 16.2. The van der Waals surface area contributed by atoms with E-state index < -0.39 is 0 Å². The molecular weight excluding hydrogens is 294 g/mol. The van der Waals surface area contributed by atoms with Crippen LogP contribution >= 0.6 is 0 Å². The predicted octanol–water partition coefficient (Wildman–Crippen LogP) is -0.532. The summed E-state index contributed by atoms with van der Waals surface area (Å²) in [5, 5.41) is 2.88. The summed E-state index contributed by atoms with van der Waals surface area (Å²) in [5.41, 5.74) is 0.853. The molecule has 1 aromatic carbocycles. The SMILES string of the molecule is O=C(CCN1C(=O)c2ccccc2C1=O)NCC[NH+]1CCCC1. The van der Waals surface area contributed by atoms with E-state index in [1.165, 1.54) is 30.8 Å². The number of benzene rings is 1. The molecule has 0 atom stereocenters. The number of carbonyl (C=O) groups excluding carboxylic acids is 3. The number of hydrogen-bond acceptors (Lipinski definition) is 3. The molecule has 2 N–H and O–H groups in total. The summed E-state index contributed by atoms with van der Waals surface area (Å²) in [6.07, 6.45) is 2.69. The van der Waals surface area contributed by atoms with Crippen LogP contribution in [0.25, 0.3) is 0 Å². The minimum atomic E-state index is -0.306. The average Bonchev–Trinajstić information content (AvgIpc) is 3.15. The molecule has 0 aliphatic carbocycles. The third-order valence-electron chi connectivity index (χ3n) is 4.55. The van der Waals surface area contributed by atoms with E-state index in [9.17, 15) is 14.4 Å². The van der Waals surface area contributed by atoms with Crippen molar-refractivity contribution in [3.8, 4) is 0 Å². The Morgan fingerprint density at radius 2 is 1.70 bits per heavy atom. The van der Waals surface area contributed by atoms with Crippen LogP contribution in [0, 0.1) is 0 Å². The Balaban J connectivity index is 1.44. The lowest BCUT2D eigenvalue weighted by Crippen LogP contribution is -3.10. The van der Waals surface area contributed by atoms with E-state index in [2.05, 4.69) is 5.32 Å². The van der Waals surface area contributed by atoms with E-state index in [0.29, 0.717) is 17.7 Å². The minimum Gasteiger partial charge on any atom is -0.350 e. The van der Waals surface area contributed by atoms with Gasteiger partial charge >= 0.3 is 0 Å². The molecule has 122 valence electrons. The maximum absolute atomic E-state index is 12.2. The van der Waals surface area contributed by atoms with Crippen molar-refractivity contribution in [3.63, 3.8) is 0 Å². The van der Waals surface area contributed by atoms with E-state index in [1.54, 1.807) is 24.3 Å². The molecule has 2 heterocycles. The number of likely N-dealkylation sites (tertiary alicyclic amines) is 1. The Bertz CT molecular complexity index is 588. The first-order valence-electron chi connectivity index (χ1n) is 8.22. The van der Waals surface area contributed by atoms with Gasteiger partial charge in [-0.1, -0.05) is 12.1 Å². The van der Waals surface area contributed by atoms with Crippen LogP contribution in [0.5, 0.6) is 0 Å². The van der Waals surface area contributed by atoms with Gasteiger partial charge in [-0.05, 0) is 12.1 Å². The molecule has 1 aromatic rings. The van der Waals surface area contributed by atoms with Gasteiger partial charge in [0.1, 0.15) is 0 Å². The van der Waals surface area contributed by atoms with Gasteiger partial charge < -0.3 is 10.2 Å². The lowest BCUT2D eigenvalue weighted by molar-refractivity contribution is -0.886. The van der Waals surface area contributed by atoms with Crippen LogP contribution < -0.4 is 10.2 Å². The second-order valence-corrected chi connectivity index (χ2v) is 6.11.